The van der Waals surface area contributed by atoms with Crippen LogP contribution in [-0.2, 0) is 6.42 Å². The van der Waals surface area contributed by atoms with Crippen molar-refractivity contribution >= 4 is 0 Å². The molecule has 0 radical (unpaired) electrons. The fourth-order valence-corrected chi connectivity index (χ4v) is 1.71. The van der Waals surface area contributed by atoms with Crippen LogP contribution in [0.25, 0.3) is 0 Å². The van der Waals surface area contributed by atoms with Crippen molar-refractivity contribution in [2.24, 2.45) is 0 Å². The van der Waals surface area contributed by atoms with Gasteiger partial charge in [-0.2, -0.15) is 0 Å². The summed E-state index contributed by atoms with van der Waals surface area (Å²) in [5, 5.41) is 12.8. The monoisotopic (exact) mass is 221 g/mol. The zero-order valence-corrected chi connectivity index (χ0v) is 10.7. The lowest BCUT2D eigenvalue weighted by Crippen LogP contribution is -2.36. The molecule has 1 aromatic carbocycles. The van der Waals surface area contributed by atoms with Crippen LogP contribution in [0.4, 0.5) is 0 Å². The van der Waals surface area contributed by atoms with Crippen LogP contribution in [0.3, 0.4) is 0 Å². The number of aliphatic hydroxyl groups is 1. The molecule has 0 spiro atoms. The summed E-state index contributed by atoms with van der Waals surface area (Å²) >= 11 is 0. The fraction of sp³-hybridized carbons (Fsp3) is 0.571. The van der Waals surface area contributed by atoms with Gasteiger partial charge in [0.05, 0.1) is 0 Å². The van der Waals surface area contributed by atoms with E-state index < -0.39 is 6.23 Å². The topological polar surface area (TPSA) is 32.3 Å². The normalized spacial score (nSPS) is 13.4. The quantitative estimate of drug-likeness (QED) is 0.749. The first-order chi connectivity index (χ1) is 7.49. The van der Waals surface area contributed by atoms with Crippen LogP contribution in [0, 0.1) is 0 Å². The molecule has 2 heteroatoms. The van der Waals surface area contributed by atoms with Crippen LogP contribution in [-0.4, -0.2) is 17.4 Å². The van der Waals surface area contributed by atoms with Crippen LogP contribution >= 0.6 is 0 Å². The van der Waals surface area contributed by atoms with Crippen LogP contribution in [0.5, 0.6) is 0 Å². The van der Waals surface area contributed by atoms with E-state index in [-0.39, 0.29) is 0 Å². The van der Waals surface area contributed by atoms with Gasteiger partial charge in [0.15, 0.2) is 0 Å². The Kier molecular flexibility index (Phi) is 4.97. The molecule has 0 unspecified atom stereocenters. The van der Waals surface area contributed by atoms with Crippen molar-refractivity contribution in [2.75, 3.05) is 0 Å². The molecule has 0 saturated carbocycles. The Hall–Kier alpha value is -0.860. The molecule has 2 nitrogen and oxygen atoms in total. The minimum Gasteiger partial charge on any atom is -0.378 e. The van der Waals surface area contributed by atoms with Crippen molar-refractivity contribution in [3.8, 4) is 0 Å². The molecule has 16 heavy (non-hydrogen) atoms. The summed E-state index contributed by atoms with van der Waals surface area (Å²) < 4.78 is 0. The van der Waals surface area contributed by atoms with Gasteiger partial charge in [-0.3, -0.25) is 5.32 Å². The smallest absolute Gasteiger partial charge is 0.109 e. The van der Waals surface area contributed by atoms with E-state index in [1.807, 2.05) is 13.8 Å². The molecular formula is C14H23NO. The Morgan fingerprint density at radius 1 is 1.06 bits per heavy atom. The molecule has 0 fully saturated rings. The van der Waals surface area contributed by atoms with Gasteiger partial charge in [0, 0.05) is 12.5 Å². The van der Waals surface area contributed by atoms with E-state index in [1.54, 1.807) is 0 Å². The van der Waals surface area contributed by atoms with Gasteiger partial charge in [0.25, 0.3) is 0 Å². The Morgan fingerprint density at radius 3 is 2.06 bits per heavy atom. The SMILES string of the molecule is CC(C)N[C@H](O)Cc1ccc(C(C)C)cc1. The van der Waals surface area contributed by atoms with Crippen molar-refractivity contribution in [1.82, 2.24) is 5.32 Å². The summed E-state index contributed by atoms with van der Waals surface area (Å²) in [4.78, 5) is 0. The van der Waals surface area contributed by atoms with Crippen LogP contribution in [0.1, 0.15) is 44.7 Å². The number of nitrogens with one attached hydrogen (secondary N) is 1. The van der Waals surface area contributed by atoms with E-state index in [0.717, 1.165) is 0 Å². The van der Waals surface area contributed by atoms with Gasteiger partial charge in [-0.1, -0.05) is 38.1 Å². The molecule has 90 valence electrons. The largest absolute Gasteiger partial charge is 0.378 e. The molecule has 0 aromatic heterocycles. The summed E-state index contributed by atoms with van der Waals surface area (Å²) in [6.07, 6.45) is 0.209. The second-order valence-electron chi connectivity index (χ2n) is 4.94. The second kappa shape index (κ2) is 6.02. The van der Waals surface area contributed by atoms with Gasteiger partial charge in [-0.15, -0.1) is 0 Å². The summed E-state index contributed by atoms with van der Waals surface area (Å²) in [6.45, 7) is 8.44. The number of aliphatic hydroxyl groups excluding tert-OH is 1. The molecule has 0 aliphatic rings. The predicted molar refractivity (Wildman–Crippen MR) is 68.5 cm³/mol. The minimum atomic E-state index is -0.454. The molecule has 0 heterocycles. The third kappa shape index (κ3) is 4.33. The standard InChI is InChI=1S/C14H23NO/c1-10(2)13-7-5-12(6-8-13)9-14(16)15-11(3)4/h5-8,10-11,14-16H,9H2,1-4H3/t14-/m1/s1. The van der Waals surface area contributed by atoms with E-state index in [1.165, 1.54) is 11.1 Å². The Morgan fingerprint density at radius 2 is 1.62 bits per heavy atom. The van der Waals surface area contributed by atoms with E-state index in [2.05, 4.69) is 43.4 Å². The second-order valence-corrected chi connectivity index (χ2v) is 4.94. The molecule has 1 atom stereocenters. The maximum atomic E-state index is 9.74. The molecule has 1 rings (SSSR count). The van der Waals surface area contributed by atoms with Gasteiger partial charge >= 0.3 is 0 Å². The van der Waals surface area contributed by atoms with Gasteiger partial charge in [0.1, 0.15) is 6.23 Å². The van der Waals surface area contributed by atoms with Crippen molar-refractivity contribution in [1.29, 1.82) is 0 Å². The lowest BCUT2D eigenvalue weighted by Gasteiger charge is -2.16. The lowest BCUT2D eigenvalue weighted by molar-refractivity contribution is 0.127. The van der Waals surface area contributed by atoms with Gasteiger partial charge in [-0.05, 0) is 30.9 Å². The average Bonchev–Trinajstić information content (AvgIpc) is 2.16. The number of rotatable bonds is 5. The van der Waals surface area contributed by atoms with E-state index in [4.69, 9.17) is 0 Å². The molecule has 0 saturated heterocycles. The average molecular weight is 221 g/mol. The number of benzene rings is 1. The summed E-state index contributed by atoms with van der Waals surface area (Å²) in [6, 6.07) is 8.79. The predicted octanol–water partition coefficient (Wildman–Crippen LogP) is 2.67. The van der Waals surface area contributed by atoms with E-state index in [0.29, 0.717) is 18.4 Å². The minimum absolute atomic E-state index is 0.310. The molecule has 0 amide bonds. The molecule has 0 bridgehead atoms. The number of hydrogen-bond donors (Lipinski definition) is 2. The zero-order chi connectivity index (χ0) is 12.1. The van der Waals surface area contributed by atoms with Crippen molar-refractivity contribution < 1.29 is 5.11 Å². The molecular weight excluding hydrogens is 198 g/mol. The van der Waals surface area contributed by atoms with Crippen molar-refractivity contribution in [3.05, 3.63) is 35.4 Å². The highest BCUT2D eigenvalue weighted by Gasteiger charge is 2.06. The third-order valence-corrected chi connectivity index (χ3v) is 2.60. The Labute approximate surface area is 98.7 Å². The summed E-state index contributed by atoms with van der Waals surface area (Å²) in [5.74, 6) is 0.563. The van der Waals surface area contributed by atoms with Crippen LogP contribution in [0.15, 0.2) is 24.3 Å². The highest BCUT2D eigenvalue weighted by atomic mass is 16.3. The van der Waals surface area contributed by atoms with Gasteiger partial charge < -0.3 is 5.11 Å². The highest BCUT2D eigenvalue weighted by Crippen LogP contribution is 2.15. The van der Waals surface area contributed by atoms with Crippen LogP contribution < -0.4 is 5.32 Å². The maximum absolute atomic E-state index is 9.74. The summed E-state index contributed by atoms with van der Waals surface area (Å²) in [7, 11) is 0. The Balaban J connectivity index is 2.55. The molecule has 0 aliphatic carbocycles. The molecule has 0 aliphatic heterocycles. The molecule has 2 N–H and O–H groups in total. The van der Waals surface area contributed by atoms with Crippen LogP contribution in [0.2, 0.25) is 0 Å². The number of hydrogen-bond acceptors (Lipinski definition) is 2. The first-order valence-electron chi connectivity index (χ1n) is 6.02. The van der Waals surface area contributed by atoms with E-state index in [9.17, 15) is 5.11 Å². The van der Waals surface area contributed by atoms with Gasteiger partial charge in [0.2, 0.25) is 0 Å². The first-order valence-corrected chi connectivity index (χ1v) is 6.02. The van der Waals surface area contributed by atoms with Crippen molar-refractivity contribution in [3.63, 3.8) is 0 Å². The van der Waals surface area contributed by atoms with Gasteiger partial charge in [-0.25, -0.2) is 0 Å². The fourth-order valence-electron chi connectivity index (χ4n) is 1.71. The summed E-state index contributed by atoms with van der Waals surface area (Å²) in [5.41, 5.74) is 2.51. The van der Waals surface area contributed by atoms with E-state index >= 15 is 0 Å². The zero-order valence-electron chi connectivity index (χ0n) is 10.7. The lowest BCUT2D eigenvalue weighted by atomic mass is 10.0. The molecule has 1 aromatic rings. The first kappa shape index (κ1) is 13.2. The third-order valence-electron chi connectivity index (χ3n) is 2.60. The maximum Gasteiger partial charge on any atom is 0.109 e. The van der Waals surface area contributed by atoms with Crippen molar-refractivity contribution in [2.45, 2.75) is 52.3 Å². The Bertz CT molecular complexity index is 303. The highest BCUT2D eigenvalue weighted by molar-refractivity contribution is 5.25.